The summed E-state index contributed by atoms with van der Waals surface area (Å²) in [6, 6.07) is 5.70. The molecule has 1 N–H and O–H groups in total. The van der Waals surface area contributed by atoms with Gasteiger partial charge < -0.3 is 5.11 Å². The molecular weight excluding hydrogens is 341 g/mol. The van der Waals surface area contributed by atoms with E-state index in [2.05, 4.69) is 0 Å². The molecule has 4 rings (SSSR count). The van der Waals surface area contributed by atoms with Crippen molar-refractivity contribution in [1.29, 1.82) is 0 Å². The van der Waals surface area contributed by atoms with E-state index in [1.54, 1.807) is 6.07 Å². The van der Waals surface area contributed by atoms with Gasteiger partial charge in [0.15, 0.2) is 0 Å². The van der Waals surface area contributed by atoms with E-state index < -0.39 is 12.0 Å². The molecule has 1 atom stereocenters. The number of fused-ring (bicyclic) bond motifs is 1. The molecular formula is C19H18FNO3S. The monoisotopic (exact) mass is 359 g/mol. The smallest absolute Gasteiger partial charge is 0.327 e. The molecule has 25 heavy (non-hydrogen) atoms. The minimum absolute atomic E-state index is 0.274. The predicted octanol–water partition coefficient (Wildman–Crippen LogP) is 3.50. The fourth-order valence-electron chi connectivity index (χ4n) is 3.52. The lowest BCUT2D eigenvalue weighted by Crippen LogP contribution is -2.29. The third-order valence-electron chi connectivity index (χ3n) is 4.87. The first-order chi connectivity index (χ1) is 12.0. The van der Waals surface area contributed by atoms with Crippen LogP contribution in [0.25, 0.3) is 0 Å². The molecule has 2 aromatic rings. The van der Waals surface area contributed by atoms with E-state index in [0.29, 0.717) is 23.7 Å². The van der Waals surface area contributed by atoms with E-state index in [4.69, 9.17) is 0 Å². The Morgan fingerprint density at radius 2 is 2.08 bits per heavy atom. The maximum Gasteiger partial charge on any atom is 0.327 e. The third-order valence-corrected chi connectivity index (χ3v) is 6.05. The van der Waals surface area contributed by atoms with E-state index >= 15 is 0 Å². The zero-order valence-corrected chi connectivity index (χ0v) is 14.6. The van der Waals surface area contributed by atoms with Crippen LogP contribution < -0.4 is 5.56 Å². The highest BCUT2D eigenvalue weighted by molar-refractivity contribution is 7.99. The maximum atomic E-state index is 14.2. The number of nitrogens with zero attached hydrogens (tertiary/aromatic N) is 1. The summed E-state index contributed by atoms with van der Waals surface area (Å²) in [5.74, 6) is -0.534. The molecule has 2 heterocycles. The lowest BCUT2D eigenvalue weighted by Gasteiger charge is -2.16. The summed E-state index contributed by atoms with van der Waals surface area (Å²) in [7, 11) is 0. The molecule has 1 aromatic heterocycles. The van der Waals surface area contributed by atoms with Gasteiger partial charge in [-0.05, 0) is 48.4 Å². The van der Waals surface area contributed by atoms with Gasteiger partial charge in [-0.3, -0.25) is 9.36 Å². The molecule has 1 unspecified atom stereocenters. The average molecular weight is 359 g/mol. The van der Waals surface area contributed by atoms with E-state index in [-0.39, 0.29) is 11.4 Å². The second-order valence-electron chi connectivity index (χ2n) is 6.81. The largest absolute Gasteiger partial charge is 0.480 e. The lowest BCUT2D eigenvalue weighted by molar-refractivity contribution is -0.140. The van der Waals surface area contributed by atoms with Crippen LogP contribution in [0.4, 0.5) is 4.39 Å². The van der Waals surface area contributed by atoms with Crippen LogP contribution in [0.5, 0.6) is 0 Å². The molecule has 0 radical (unpaired) electrons. The van der Waals surface area contributed by atoms with Crippen molar-refractivity contribution in [3.05, 3.63) is 62.7 Å². The van der Waals surface area contributed by atoms with Crippen molar-refractivity contribution in [2.45, 2.75) is 43.2 Å². The number of aromatic nitrogens is 1. The Balaban J connectivity index is 1.84. The Hall–Kier alpha value is -2.08. The molecule has 1 saturated carbocycles. The molecule has 0 amide bonds. The Labute approximate surface area is 148 Å². The summed E-state index contributed by atoms with van der Waals surface area (Å²) in [6.45, 7) is 1.91. The van der Waals surface area contributed by atoms with Crippen molar-refractivity contribution in [2.24, 2.45) is 0 Å². The van der Waals surface area contributed by atoms with Gasteiger partial charge in [0.05, 0.1) is 5.03 Å². The number of aliphatic carboxylic acids is 1. The summed E-state index contributed by atoms with van der Waals surface area (Å²) in [5.41, 5.74) is 3.13. The van der Waals surface area contributed by atoms with Crippen molar-refractivity contribution in [3.8, 4) is 0 Å². The summed E-state index contributed by atoms with van der Waals surface area (Å²) < 4.78 is 15.6. The average Bonchev–Trinajstić information content (AvgIpc) is 3.28. The van der Waals surface area contributed by atoms with Crippen LogP contribution in [0.1, 0.15) is 47.1 Å². The van der Waals surface area contributed by atoms with E-state index in [0.717, 1.165) is 34.6 Å². The molecule has 0 spiro atoms. The number of carboxylic acid groups (broad SMARTS) is 1. The number of carbonyl (C=O) groups is 1. The minimum Gasteiger partial charge on any atom is -0.480 e. The second-order valence-corrected chi connectivity index (χ2v) is 7.82. The summed E-state index contributed by atoms with van der Waals surface area (Å²) in [4.78, 5) is 24.0. The normalized spacial score (nSPS) is 19.0. The maximum absolute atomic E-state index is 14.2. The third kappa shape index (κ3) is 2.88. The number of thioether (sulfide) groups is 1. The molecule has 6 heteroatoms. The predicted molar refractivity (Wildman–Crippen MR) is 94.0 cm³/mol. The van der Waals surface area contributed by atoms with E-state index in [1.165, 1.54) is 28.5 Å². The Morgan fingerprint density at radius 1 is 1.32 bits per heavy atom. The van der Waals surface area contributed by atoms with Crippen LogP contribution in [0.15, 0.2) is 34.1 Å². The standard InChI is InChI=1S/C19H18FNO3S/c1-10-2-5-14(20)12(6-10)7-13-8-16(22)21-15(19(23)24)9-25-18(21)17(13)11-3-4-11/h2,5-6,8,11,15H,3-4,7,9H2,1H3,(H,23,24). The molecule has 1 aromatic carbocycles. The zero-order chi connectivity index (χ0) is 17.7. The van der Waals surface area contributed by atoms with Crippen LogP contribution in [0.3, 0.4) is 0 Å². The first-order valence-electron chi connectivity index (χ1n) is 8.34. The van der Waals surface area contributed by atoms with Crippen molar-refractivity contribution in [1.82, 2.24) is 4.57 Å². The fraction of sp³-hybridized carbons (Fsp3) is 0.368. The number of aryl methyl sites for hydroxylation is 1. The summed E-state index contributed by atoms with van der Waals surface area (Å²) >= 11 is 1.43. The molecule has 130 valence electrons. The number of halogens is 1. The molecule has 1 fully saturated rings. The van der Waals surface area contributed by atoms with Crippen LogP contribution in [0, 0.1) is 12.7 Å². The highest BCUT2D eigenvalue weighted by atomic mass is 32.2. The van der Waals surface area contributed by atoms with Gasteiger partial charge in [0, 0.05) is 18.2 Å². The molecule has 4 nitrogen and oxygen atoms in total. The topological polar surface area (TPSA) is 59.3 Å². The van der Waals surface area contributed by atoms with E-state index in [9.17, 15) is 19.1 Å². The number of hydrogen-bond donors (Lipinski definition) is 1. The van der Waals surface area contributed by atoms with Crippen LogP contribution in [-0.2, 0) is 11.2 Å². The van der Waals surface area contributed by atoms with Crippen molar-refractivity contribution < 1.29 is 14.3 Å². The number of benzene rings is 1. The van der Waals surface area contributed by atoms with Gasteiger partial charge >= 0.3 is 5.97 Å². The van der Waals surface area contributed by atoms with Gasteiger partial charge in [-0.2, -0.15) is 0 Å². The molecule has 1 aliphatic carbocycles. The van der Waals surface area contributed by atoms with Crippen molar-refractivity contribution in [3.63, 3.8) is 0 Å². The highest BCUT2D eigenvalue weighted by Gasteiger charge is 2.37. The SMILES string of the molecule is Cc1ccc(F)c(Cc2cc(=O)n3c(c2C2CC2)SCC3C(=O)O)c1. The molecule has 0 bridgehead atoms. The lowest BCUT2D eigenvalue weighted by atomic mass is 9.97. The van der Waals surface area contributed by atoms with Crippen LogP contribution in [0.2, 0.25) is 0 Å². The van der Waals surface area contributed by atoms with Crippen LogP contribution >= 0.6 is 11.8 Å². The van der Waals surface area contributed by atoms with Gasteiger partial charge in [-0.15, -0.1) is 11.8 Å². The first kappa shape index (κ1) is 16.4. The second kappa shape index (κ2) is 6.02. The van der Waals surface area contributed by atoms with Gasteiger partial charge in [-0.1, -0.05) is 17.7 Å². The zero-order valence-electron chi connectivity index (χ0n) is 13.8. The van der Waals surface area contributed by atoms with Gasteiger partial charge in [0.1, 0.15) is 11.9 Å². The minimum atomic E-state index is -0.979. The molecule has 0 saturated heterocycles. The quantitative estimate of drug-likeness (QED) is 0.908. The Kier molecular flexibility index (Phi) is 3.95. The highest BCUT2D eigenvalue weighted by Crippen LogP contribution is 2.48. The van der Waals surface area contributed by atoms with Crippen molar-refractivity contribution >= 4 is 17.7 Å². The molecule has 2 aliphatic rings. The van der Waals surface area contributed by atoms with Crippen LogP contribution in [-0.4, -0.2) is 21.4 Å². The van der Waals surface area contributed by atoms with Gasteiger partial charge in [-0.25, -0.2) is 9.18 Å². The van der Waals surface area contributed by atoms with Gasteiger partial charge in [0.2, 0.25) is 0 Å². The van der Waals surface area contributed by atoms with E-state index in [1.807, 2.05) is 13.0 Å². The number of rotatable bonds is 4. The van der Waals surface area contributed by atoms with Crippen molar-refractivity contribution in [2.75, 3.05) is 5.75 Å². The Bertz CT molecular complexity index is 933. The Morgan fingerprint density at radius 3 is 2.76 bits per heavy atom. The number of pyridine rings is 1. The summed E-state index contributed by atoms with van der Waals surface area (Å²) in [5, 5.41) is 10.1. The molecule has 1 aliphatic heterocycles. The summed E-state index contributed by atoms with van der Waals surface area (Å²) in [6.07, 6.45) is 2.43. The van der Waals surface area contributed by atoms with Gasteiger partial charge in [0.25, 0.3) is 5.56 Å². The number of hydrogen-bond acceptors (Lipinski definition) is 3. The number of carboxylic acids is 1. The fourth-order valence-corrected chi connectivity index (χ4v) is 4.94. The first-order valence-corrected chi connectivity index (χ1v) is 9.33.